The number of amides is 8. The van der Waals surface area contributed by atoms with Crippen molar-refractivity contribution in [3.8, 4) is 0 Å². The number of carbonyl (C=O) groups excluding carboxylic acids is 12. The zero-order valence-electron chi connectivity index (χ0n) is 53.1. The van der Waals surface area contributed by atoms with Crippen molar-refractivity contribution in [2.75, 3.05) is 64.7 Å². The van der Waals surface area contributed by atoms with Crippen molar-refractivity contribution in [1.82, 2.24) is 41.7 Å². The number of unbranched alkanes of at least 4 members (excludes halogenated alkanes) is 22. The van der Waals surface area contributed by atoms with Crippen molar-refractivity contribution in [3.63, 3.8) is 0 Å². The number of carbonyl (C=O) groups is 12. The largest absolute Gasteiger partial charge is 1.00 e. The van der Waals surface area contributed by atoms with E-state index < -0.39 is 117 Å². The molecular weight excluding hydrogens is 1160 g/mol. The van der Waals surface area contributed by atoms with Crippen molar-refractivity contribution < 1.29 is 132 Å². The van der Waals surface area contributed by atoms with E-state index in [4.69, 9.17) is 4.74 Å². The Morgan fingerprint density at radius 3 is 1.30 bits per heavy atom. The molecule has 0 aromatic heterocycles. The molecular formula is C61H102N8Na2O15S. The SMILES string of the molecule is CCCCCCCCCCCCCCC(CCCCCCCCCCCCCC)COC(=O)CCC(=O)NCC(=O)NCC(=O)N(CC(=O)[O-])CC(=O)CCCC(=O)CN(CC(=O)[O-])C(=O)CNC(=O)CNC(=O)CC[C@@H]1SC[C@@H]2NC(=O)N[C@@H]21.[Na+].[Na+]. The fourth-order valence-electron chi connectivity index (χ4n) is 10.3. The maximum absolute atomic E-state index is 12.9. The Morgan fingerprint density at radius 2 is 0.885 bits per heavy atom. The summed E-state index contributed by atoms with van der Waals surface area (Å²) in [6, 6.07) is -0.366. The van der Waals surface area contributed by atoms with E-state index in [1.165, 1.54) is 128 Å². The smallest absolute Gasteiger partial charge is 0.548 e. The number of aliphatic carboxylic acids is 2. The van der Waals surface area contributed by atoms with Crippen LogP contribution in [0.1, 0.15) is 226 Å². The van der Waals surface area contributed by atoms with Gasteiger partial charge in [-0.05, 0) is 31.6 Å². The predicted molar refractivity (Wildman–Crippen MR) is 319 cm³/mol. The summed E-state index contributed by atoms with van der Waals surface area (Å²) in [5.41, 5.74) is 0. The first kappa shape index (κ1) is 83.2. The molecule has 0 unspecified atom stereocenters. The van der Waals surface area contributed by atoms with Gasteiger partial charge in [0.2, 0.25) is 35.4 Å². The number of hydrogen-bond acceptors (Lipinski definition) is 16. The molecule has 3 atom stereocenters. The fourth-order valence-corrected chi connectivity index (χ4v) is 11.8. The molecule has 0 saturated carbocycles. The molecule has 23 nitrogen and oxygen atoms in total. The van der Waals surface area contributed by atoms with Gasteiger partial charge >= 0.3 is 71.1 Å². The van der Waals surface area contributed by atoms with Gasteiger partial charge < -0.3 is 66.2 Å². The number of Topliss-reactive ketones (excluding diaryl/α,β-unsaturated/α-hetero) is 2. The molecule has 8 amide bonds. The molecule has 0 spiro atoms. The summed E-state index contributed by atoms with van der Waals surface area (Å²) in [5.74, 6) is -8.79. The van der Waals surface area contributed by atoms with Gasteiger partial charge in [-0.15, -0.1) is 0 Å². The molecule has 2 heterocycles. The van der Waals surface area contributed by atoms with Crippen LogP contribution in [-0.2, 0) is 57.5 Å². The number of urea groups is 1. The number of hydrogen-bond donors (Lipinski definition) is 6. The van der Waals surface area contributed by atoms with E-state index in [9.17, 15) is 67.7 Å². The Balaban J connectivity index is 0.0000370. The summed E-state index contributed by atoms with van der Waals surface area (Å²) >= 11 is 1.62. The van der Waals surface area contributed by atoms with Crippen LogP contribution in [0.5, 0.6) is 0 Å². The van der Waals surface area contributed by atoms with E-state index in [1.54, 1.807) is 11.8 Å². The van der Waals surface area contributed by atoms with Crippen molar-refractivity contribution >= 4 is 82.7 Å². The third-order valence-electron chi connectivity index (χ3n) is 15.3. The minimum atomic E-state index is -1.70. The van der Waals surface area contributed by atoms with E-state index >= 15 is 0 Å². The summed E-state index contributed by atoms with van der Waals surface area (Å²) < 4.78 is 5.66. The Bertz CT molecular complexity index is 2050. The summed E-state index contributed by atoms with van der Waals surface area (Å²) in [6.45, 7) is -1.15. The number of nitrogens with one attached hydrogen (secondary N) is 6. The molecule has 87 heavy (non-hydrogen) atoms. The zero-order valence-corrected chi connectivity index (χ0v) is 58.0. The number of fused-ring (bicyclic) bond motifs is 1. The molecule has 0 aromatic carbocycles. The molecule has 2 aliphatic rings. The molecule has 26 heteroatoms. The number of ketones is 2. The van der Waals surface area contributed by atoms with Gasteiger partial charge in [-0.25, -0.2) is 4.79 Å². The van der Waals surface area contributed by atoms with Crippen LogP contribution in [0.25, 0.3) is 0 Å². The predicted octanol–water partition coefficient (Wildman–Crippen LogP) is -2.01. The molecule has 2 fully saturated rings. The molecule has 2 saturated heterocycles. The molecule has 6 N–H and O–H groups in total. The zero-order chi connectivity index (χ0) is 62.5. The van der Waals surface area contributed by atoms with E-state index in [2.05, 4.69) is 45.7 Å². The molecule has 484 valence electrons. The first-order valence-electron chi connectivity index (χ1n) is 31.8. The van der Waals surface area contributed by atoms with E-state index in [-0.39, 0.29) is 127 Å². The number of rotatable bonds is 54. The fraction of sp³-hybridized carbons (Fsp3) is 0.803. The van der Waals surface area contributed by atoms with Crippen LogP contribution in [0, 0.1) is 5.92 Å². The van der Waals surface area contributed by atoms with E-state index in [1.807, 2.05) is 0 Å². The summed E-state index contributed by atoms with van der Waals surface area (Å²) in [4.78, 5) is 150. The van der Waals surface area contributed by atoms with Gasteiger partial charge in [0, 0.05) is 36.7 Å². The summed E-state index contributed by atoms with van der Waals surface area (Å²) in [6.07, 6.45) is 31.7. The third-order valence-corrected chi connectivity index (χ3v) is 16.8. The Labute approximate surface area is 565 Å². The maximum atomic E-state index is 12.9. The van der Waals surface area contributed by atoms with Crippen molar-refractivity contribution in [2.45, 2.75) is 243 Å². The van der Waals surface area contributed by atoms with Crippen LogP contribution in [0.3, 0.4) is 0 Å². The number of carboxylic acid groups (broad SMARTS) is 2. The second kappa shape index (κ2) is 52.9. The van der Waals surface area contributed by atoms with Crippen LogP contribution >= 0.6 is 11.8 Å². The molecule has 0 aromatic rings. The number of thioether (sulfide) groups is 1. The van der Waals surface area contributed by atoms with Crippen molar-refractivity contribution in [3.05, 3.63) is 0 Å². The first-order valence-corrected chi connectivity index (χ1v) is 32.8. The van der Waals surface area contributed by atoms with Gasteiger partial charge in [0.15, 0.2) is 11.6 Å². The number of ether oxygens (including phenoxy) is 1. The first-order chi connectivity index (χ1) is 40.9. The normalized spacial score (nSPS) is 14.7. The van der Waals surface area contributed by atoms with Crippen molar-refractivity contribution in [1.29, 1.82) is 0 Å². The van der Waals surface area contributed by atoms with Crippen LogP contribution in [0.4, 0.5) is 4.79 Å². The quantitative estimate of drug-likeness (QED) is 0.0166. The number of esters is 1. The molecule has 2 aliphatic heterocycles. The van der Waals surface area contributed by atoms with Crippen LogP contribution in [0.15, 0.2) is 0 Å². The summed E-state index contributed by atoms with van der Waals surface area (Å²) in [5, 5.41) is 37.8. The average Bonchev–Trinajstić information content (AvgIpc) is 2.83. The van der Waals surface area contributed by atoms with Gasteiger partial charge in [-0.1, -0.05) is 168 Å². The number of nitrogens with zero attached hydrogens (tertiary/aromatic N) is 2. The van der Waals surface area contributed by atoms with E-state index in [0.717, 1.165) is 38.5 Å². The second-order valence-corrected chi connectivity index (χ2v) is 24.1. The molecule has 0 bridgehead atoms. The second-order valence-electron chi connectivity index (χ2n) is 22.8. The standard InChI is InChI=1S/C61H104N8O15S.2Na/c1-3-5-7-9-11-13-15-17-19-21-23-25-28-46(29-26-24-22-20-18-16-14-12-10-8-6-4-2)44-84-59(82)35-34-52(73)63-37-54(75)65-39-56(77)69(43-58(80)81)41-48(71)31-27-30-47(70)40-68(42-57(78)79)55(76)38-64-53(74)36-62-51(72)33-32-50-60-49(45-85-50)66-61(83)67-60;;/h46,49-50,60H,3-45H2,1-2H3,(H,62,72)(H,63,73)(H,64,74)(H,65,75)(H,78,79)(H,80,81)(H2,66,67,83);;/q;2*+1/p-2/t49-,50-,60-;;/m0../s1. The average molecular weight is 1270 g/mol. The van der Waals surface area contributed by atoms with Gasteiger partial charge in [0.05, 0.1) is 89.4 Å². The van der Waals surface area contributed by atoms with Gasteiger partial charge in [0.25, 0.3) is 0 Å². The minimum absolute atomic E-state index is 0. The van der Waals surface area contributed by atoms with E-state index in [0.29, 0.717) is 28.6 Å². The van der Waals surface area contributed by atoms with Crippen molar-refractivity contribution in [2.24, 2.45) is 5.92 Å². The molecule has 0 aliphatic carbocycles. The Morgan fingerprint density at radius 1 is 0.494 bits per heavy atom. The summed E-state index contributed by atoms with van der Waals surface area (Å²) in [7, 11) is 0. The topological polar surface area (TPSA) is 339 Å². The van der Waals surface area contributed by atoms with Crippen LogP contribution in [0.2, 0.25) is 0 Å². The number of carboxylic acids is 2. The maximum Gasteiger partial charge on any atom is 1.00 e. The third kappa shape index (κ3) is 43.5. The monoisotopic (exact) mass is 1260 g/mol. The molecule has 0 radical (unpaired) electrons. The van der Waals surface area contributed by atoms with Gasteiger partial charge in [0.1, 0.15) is 0 Å². The van der Waals surface area contributed by atoms with Crippen LogP contribution < -0.4 is 101 Å². The van der Waals surface area contributed by atoms with Crippen LogP contribution in [-0.4, -0.2) is 163 Å². The Hall–Kier alpha value is -3.81. The minimum Gasteiger partial charge on any atom is -0.548 e. The molecule has 2 rings (SSSR count). The Kier molecular flexibility index (Phi) is 50.6. The van der Waals surface area contributed by atoms with Gasteiger partial charge in [-0.2, -0.15) is 11.8 Å². The van der Waals surface area contributed by atoms with Gasteiger partial charge in [-0.3, -0.25) is 43.2 Å².